The summed E-state index contributed by atoms with van der Waals surface area (Å²) in [6.45, 7) is 4.27. The van der Waals surface area contributed by atoms with Crippen LogP contribution in [0.3, 0.4) is 0 Å². The van der Waals surface area contributed by atoms with Crippen molar-refractivity contribution in [3.63, 3.8) is 0 Å². The maximum Gasteiger partial charge on any atom is 0.221 e. The van der Waals surface area contributed by atoms with Crippen molar-refractivity contribution in [2.24, 2.45) is 0 Å². The van der Waals surface area contributed by atoms with Crippen LogP contribution in [0.15, 0.2) is 36.4 Å². The number of pyridine rings is 1. The van der Waals surface area contributed by atoms with E-state index < -0.39 is 0 Å². The molecule has 0 spiro atoms. The number of nitrogens with two attached hydrogens (primary N) is 2. The lowest BCUT2D eigenvalue weighted by molar-refractivity contribution is 0.463. The van der Waals surface area contributed by atoms with E-state index in [4.69, 9.17) is 16.2 Å². The molecule has 1 aromatic heterocycles. The number of benzene rings is 1. The first-order valence-electron chi connectivity index (χ1n) is 5.86. The molecule has 0 bridgehead atoms. The first kappa shape index (κ1) is 12.2. The quantitative estimate of drug-likeness (QED) is 0.868. The zero-order valence-corrected chi connectivity index (χ0v) is 10.6. The van der Waals surface area contributed by atoms with Gasteiger partial charge in [0.05, 0.1) is 5.69 Å². The number of aromatic nitrogens is 1. The van der Waals surface area contributed by atoms with Gasteiger partial charge in [-0.15, -0.1) is 0 Å². The fourth-order valence-electron chi connectivity index (χ4n) is 1.58. The minimum Gasteiger partial charge on any atom is -0.439 e. The van der Waals surface area contributed by atoms with E-state index in [-0.39, 0.29) is 5.82 Å². The Labute approximate surface area is 107 Å². The van der Waals surface area contributed by atoms with Gasteiger partial charge in [0.2, 0.25) is 5.88 Å². The number of ether oxygens (including phenoxy) is 1. The maximum atomic E-state index is 5.66. The highest BCUT2D eigenvalue weighted by atomic mass is 16.5. The molecule has 0 aliphatic rings. The molecule has 1 heterocycles. The molecule has 0 aliphatic heterocycles. The normalized spacial score (nSPS) is 10.6. The molecule has 2 rings (SSSR count). The topological polar surface area (TPSA) is 74.2 Å². The molecule has 4 nitrogen and oxygen atoms in total. The number of rotatable bonds is 3. The van der Waals surface area contributed by atoms with Gasteiger partial charge in [-0.2, -0.15) is 4.98 Å². The molecule has 0 saturated carbocycles. The summed E-state index contributed by atoms with van der Waals surface area (Å²) in [5, 5.41) is 0. The summed E-state index contributed by atoms with van der Waals surface area (Å²) in [4.78, 5) is 4.07. The molecule has 18 heavy (non-hydrogen) atoms. The summed E-state index contributed by atoms with van der Waals surface area (Å²) < 4.78 is 5.66. The molecule has 0 atom stereocenters. The summed E-state index contributed by atoms with van der Waals surface area (Å²) in [5.41, 5.74) is 12.9. The van der Waals surface area contributed by atoms with Crippen LogP contribution in [0.1, 0.15) is 25.3 Å². The van der Waals surface area contributed by atoms with Crippen molar-refractivity contribution in [3.05, 3.63) is 42.0 Å². The Morgan fingerprint density at radius 3 is 2.56 bits per heavy atom. The van der Waals surface area contributed by atoms with E-state index >= 15 is 0 Å². The van der Waals surface area contributed by atoms with Crippen LogP contribution in [0.25, 0.3) is 0 Å². The summed E-state index contributed by atoms with van der Waals surface area (Å²) >= 11 is 0. The van der Waals surface area contributed by atoms with Crippen LogP contribution in [-0.4, -0.2) is 4.98 Å². The summed E-state index contributed by atoms with van der Waals surface area (Å²) in [6, 6.07) is 11.3. The minimum absolute atomic E-state index is 0.285. The molecule has 4 heteroatoms. The third kappa shape index (κ3) is 2.71. The fourth-order valence-corrected chi connectivity index (χ4v) is 1.58. The Kier molecular flexibility index (Phi) is 3.37. The average Bonchev–Trinajstić information content (AvgIpc) is 2.34. The lowest BCUT2D eigenvalue weighted by Crippen LogP contribution is -1.99. The maximum absolute atomic E-state index is 5.66. The van der Waals surface area contributed by atoms with Gasteiger partial charge in [-0.1, -0.05) is 26.0 Å². The van der Waals surface area contributed by atoms with Gasteiger partial charge in [-0.3, -0.25) is 0 Å². The van der Waals surface area contributed by atoms with Gasteiger partial charge in [-0.25, -0.2) is 0 Å². The van der Waals surface area contributed by atoms with Crippen molar-refractivity contribution in [1.29, 1.82) is 0 Å². The lowest BCUT2D eigenvalue weighted by atomic mass is 10.0. The molecule has 1 aromatic carbocycles. The number of hydrogen-bond acceptors (Lipinski definition) is 4. The third-order valence-electron chi connectivity index (χ3n) is 2.68. The Morgan fingerprint density at radius 2 is 1.89 bits per heavy atom. The molecule has 2 aromatic rings. The summed E-state index contributed by atoms with van der Waals surface area (Å²) in [7, 11) is 0. The first-order valence-corrected chi connectivity index (χ1v) is 5.86. The van der Waals surface area contributed by atoms with E-state index in [0.29, 0.717) is 17.5 Å². The van der Waals surface area contributed by atoms with Gasteiger partial charge in [0.15, 0.2) is 5.82 Å². The third-order valence-corrected chi connectivity index (χ3v) is 2.68. The molecule has 94 valence electrons. The highest BCUT2D eigenvalue weighted by molar-refractivity contribution is 5.58. The minimum atomic E-state index is 0.285. The van der Waals surface area contributed by atoms with Gasteiger partial charge in [0.1, 0.15) is 5.75 Å². The van der Waals surface area contributed by atoms with Crippen LogP contribution in [0.5, 0.6) is 11.6 Å². The smallest absolute Gasteiger partial charge is 0.221 e. The van der Waals surface area contributed by atoms with Crippen molar-refractivity contribution in [1.82, 2.24) is 4.98 Å². The van der Waals surface area contributed by atoms with Gasteiger partial charge < -0.3 is 16.2 Å². The first-order chi connectivity index (χ1) is 8.56. The second-order valence-electron chi connectivity index (χ2n) is 4.45. The van der Waals surface area contributed by atoms with Crippen LogP contribution in [0.4, 0.5) is 11.5 Å². The molecular weight excluding hydrogens is 226 g/mol. The number of hydrogen-bond donors (Lipinski definition) is 2. The van der Waals surface area contributed by atoms with E-state index in [1.54, 1.807) is 12.1 Å². The Hall–Kier alpha value is -2.23. The molecule has 4 N–H and O–H groups in total. The molecule has 0 unspecified atom stereocenters. The Morgan fingerprint density at radius 1 is 1.11 bits per heavy atom. The van der Waals surface area contributed by atoms with Crippen molar-refractivity contribution in [3.8, 4) is 11.6 Å². The van der Waals surface area contributed by atoms with Crippen LogP contribution in [-0.2, 0) is 0 Å². The SMILES string of the molecule is CC(C)c1cccc(Oc2ccc(N)c(N)n2)c1. The molecule has 0 aliphatic carbocycles. The van der Waals surface area contributed by atoms with Crippen LogP contribution >= 0.6 is 0 Å². The fraction of sp³-hybridized carbons (Fsp3) is 0.214. The lowest BCUT2D eigenvalue weighted by Gasteiger charge is -2.09. The van der Waals surface area contributed by atoms with Gasteiger partial charge in [0, 0.05) is 6.07 Å². The van der Waals surface area contributed by atoms with Gasteiger partial charge in [-0.05, 0) is 29.7 Å². The highest BCUT2D eigenvalue weighted by Crippen LogP contribution is 2.25. The predicted molar refractivity (Wildman–Crippen MR) is 73.7 cm³/mol. The second-order valence-corrected chi connectivity index (χ2v) is 4.45. The average molecular weight is 243 g/mol. The van der Waals surface area contributed by atoms with Crippen LogP contribution in [0, 0.1) is 0 Å². The molecule has 0 fully saturated rings. The van der Waals surface area contributed by atoms with Crippen molar-refractivity contribution in [2.45, 2.75) is 19.8 Å². The highest BCUT2D eigenvalue weighted by Gasteiger charge is 2.04. The van der Waals surface area contributed by atoms with Crippen LogP contribution < -0.4 is 16.2 Å². The van der Waals surface area contributed by atoms with E-state index in [1.165, 1.54) is 5.56 Å². The van der Waals surface area contributed by atoms with Crippen molar-refractivity contribution < 1.29 is 4.74 Å². The van der Waals surface area contributed by atoms with Gasteiger partial charge in [0.25, 0.3) is 0 Å². The molecule has 0 saturated heterocycles. The summed E-state index contributed by atoms with van der Waals surface area (Å²) in [5.74, 6) is 1.94. The Bertz CT molecular complexity index is 552. The van der Waals surface area contributed by atoms with E-state index in [9.17, 15) is 0 Å². The standard InChI is InChI=1S/C14H17N3O/c1-9(2)10-4-3-5-11(8-10)18-13-7-6-12(15)14(16)17-13/h3-9H,15H2,1-2H3,(H2,16,17). The van der Waals surface area contributed by atoms with Gasteiger partial charge >= 0.3 is 0 Å². The van der Waals surface area contributed by atoms with Crippen molar-refractivity contribution in [2.75, 3.05) is 11.5 Å². The molecular formula is C14H17N3O. The monoisotopic (exact) mass is 243 g/mol. The summed E-state index contributed by atoms with van der Waals surface area (Å²) in [6.07, 6.45) is 0. The van der Waals surface area contributed by atoms with Crippen molar-refractivity contribution >= 4 is 11.5 Å². The van der Waals surface area contributed by atoms with E-state index in [2.05, 4.69) is 24.9 Å². The zero-order chi connectivity index (χ0) is 13.1. The van der Waals surface area contributed by atoms with Crippen LogP contribution in [0.2, 0.25) is 0 Å². The largest absolute Gasteiger partial charge is 0.439 e. The number of nitrogens with zero attached hydrogens (tertiary/aromatic N) is 1. The van der Waals surface area contributed by atoms with E-state index in [1.807, 2.05) is 18.2 Å². The molecule has 0 radical (unpaired) electrons. The van der Waals surface area contributed by atoms with E-state index in [0.717, 1.165) is 5.75 Å². The number of anilines is 2. The molecule has 0 amide bonds. The Balaban J connectivity index is 2.23. The zero-order valence-electron chi connectivity index (χ0n) is 10.6. The number of nitrogen functional groups attached to an aromatic ring is 2. The predicted octanol–water partition coefficient (Wildman–Crippen LogP) is 3.16. The second kappa shape index (κ2) is 4.96.